The second-order valence-electron chi connectivity index (χ2n) is 9.52. The van der Waals surface area contributed by atoms with Crippen LogP contribution >= 0.6 is 0 Å². The lowest BCUT2D eigenvalue weighted by atomic mass is 9.84. The van der Waals surface area contributed by atoms with Crippen LogP contribution < -0.4 is 0 Å². The predicted molar refractivity (Wildman–Crippen MR) is 140 cm³/mol. The minimum atomic E-state index is -4.16. The largest absolute Gasteiger partial charge is 0.382 e. The van der Waals surface area contributed by atoms with Crippen LogP contribution in [-0.2, 0) is 38.0 Å². The molecule has 2 rings (SSSR count). The highest BCUT2D eigenvalue weighted by Gasteiger charge is 2.58. The molecule has 1 heterocycles. The maximum absolute atomic E-state index is 13.0. The molecule has 214 valence electrons. The Bertz CT molecular complexity index is 861. The number of rotatable bonds is 18. The van der Waals surface area contributed by atoms with Crippen molar-refractivity contribution in [1.29, 1.82) is 0 Å². The first-order valence-corrected chi connectivity index (χ1v) is 14.8. The fourth-order valence-corrected chi connectivity index (χ4v) is 5.03. The van der Waals surface area contributed by atoms with Crippen molar-refractivity contribution in [3.8, 4) is 0 Å². The van der Waals surface area contributed by atoms with Gasteiger partial charge in [-0.2, -0.15) is 8.42 Å². The van der Waals surface area contributed by atoms with E-state index in [-0.39, 0.29) is 11.5 Å². The van der Waals surface area contributed by atoms with Crippen LogP contribution in [0.5, 0.6) is 0 Å². The SMILES string of the molecule is CCCCOCC1O[C@@H](OC)C(OCCCC)[C@](O)(COS(=O)(=O)c2ccc(C)cc2)[C@H]1OCCCC. The Morgan fingerprint density at radius 1 is 0.919 bits per heavy atom. The Morgan fingerprint density at radius 2 is 1.49 bits per heavy atom. The maximum atomic E-state index is 13.0. The smallest absolute Gasteiger partial charge is 0.297 e. The Balaban J connectivity index is 2.39. The highest BCUT2D eigenvalue weighted by Crippen LogP contribution is 2.36. The van der Waals surface area contributed by atoms with Gasteiger partial charge in [-0.3, -0.25) is 4.18 Å². The number of methoxy groups -OCH3 is 1. The zero-order valence-corrected chi connectivity index (χ0v) is 23.8. The van der Waals surface area contributed by atoms with Crippen LogP contribution in [-0.4, -0.2) is 83.9 Å². The molecule has 1 N–H and O–H groups in total. The van der Waals surface area contributed by atoms with Gasteiger partial charge in [-0.1, -0.05) is 57.7 Å². The molecule has 0 spiro atoms. The zero-order valence-electron chi connectivity index (χ0n) is 23.0. The molecule has 1 saturated heterocycles. The molecule has 1 aromatic carbocycles. The van der Waals surface area contributed by atoms with E-state index in [1.807, 2.05) is 20.8 Å². The van der Waals surface area contributed by atoms with Crippen LogP contribution in [0.4, 0.5) is 0 Å². The molecule has 0 amide bonds. The number of unbranched alkanes of at least 4 members (excludes halogenated alkanes) is 3. The quantitative estimate of drug-likeness (QED) is 0.216. The number of hydrogen-bond acceptors (Lipinski definition) is 9. The van der Waals surface area contributed by atoms with Gasteiger partial charge in [0.1, 0.15) is 30.5 Å². The van der Waals surface area contributed by atoms with E-state index in [1.165, 1.54) is 19.2 Å². The summed E-state index contributed by atoms with van der Waals surface area (Å²) in [5, 5.41) is 12.2. The number of aliphatic hydroxyl groups is 1. The standard InChI is InChI=1S/C27H46O9S/c1-6-9-16-32-19-23-24(33-17-10-7-2)27(28,25(26(31-5)36-23)34-18-11-8-3)20-35-37(29,30)22-14-12-21(4)13-15-22/h12-15,23-26,28H,6-11,16-20H2,1-5H3/t23?,24-,25?,26+,27-/m0/s1. The molecule has 1 aliphatic heterocycles. The first-order chi connectivity index (χ1) is 17.7. The van der Waals surface area contributed by atoms with Crippen molar-refractivity contribution in [2.45, 2.75) is 101 Å². The summed E-state index contributed by atoms with van der Waals surface area (Å²) in [6, 6.07) is 6.34. The monoisotopic (exact) mass is 546 g/mol. The fraction of sp³-hybridized carbons (Fsp3) is 0.778. The van der Waals surface area contributed by atoms with Gasteiger partial charge in [0.15, 0.2) is 6.29 Å². The average Bonchev–Trinajstić information content (AvgIpc) is 2.88. The molecule has 9 nitrogen and oxygen atoms in total. The van der Waals surface area contributed by atoms with Gasteiger partial charge in [0.05, 0.1) is 11.5 Å². The Morgan fingerprint density at radius 3 is 2.05 bits per heavy atom. The topological polar surface area (TPSA) is 110 Å². The van der Waals surface area contributed by atoms with Gasteiger partial charge in [0, 0.05) is 26.9 Å². The fourth-order valence-electron chi connectivity index (χ4n) is 4.08. The lowest BCUT2D eigenvalue weighted by Gasteiger charge is -2.50. The third kappa shape index (κ3) is 9.25. The molecule has 1 fully saturated rings. The third-order valence-corrected chi connectivity index (χ3v) is 7.66. The second-order valence-corrected chi connectivity index (χ2v) is 11.1. The second kappa shape index (κ2) is 16.1. The summed E-state index contributed by atoms with van der Waals surface area (Å²) in [6.45, 7) is 8.76. The molecule has 0 aliphatic carbocycles. The van der Waals surface area contributed by atoms with Crippen LogP contribution in [0, 0.1) is 6.92 Å². The van der Waals surface area contributed by atoms with Crippen molar-refractivity contribution < 1.29 is 41.4 Å². The highest BCUT2D eigenvalue weighted by molar-refractivity contribution is 7.86. The number of aryl methyl sites for hydroxylation is 1. The van der Waals surface area contributed by atoms with E-state index < -0.39 is 46.9 Å². The molecule has 1 aliphatic rings. The van der Waals surface area contributed by atoms with E-state index in [1.54, 1.807) is 12.1 Å². The molecule has 2 unspecified atom stereocenters. The molecule has 10 heteroatoms. The normalized spacial score (nSPS) is 26.4. The lowest BCUT2D eigenvalue weighted by Crippen LogP contribution is -2.71. The van der Waals surface area contributed by atoms with Gasteiger partial charge < -0.3 is 28.8 Å². The van der Waals surface area contributed by atoms with Gasteiger partial charge in [-0.05, 0) is 38.3 Å². The van der Waals surface area contributed by atoms with E-state index in [9.17, 15) is 13.5 Å². The molecule has 0 radical (unpaired) electrons. The van der Waals surface area contributed by atoms with Crippen LogP contribution in [0.2, 0.25) is 0 Å². The molecule has 5 atom stereocenters. The van der Waals surface area contributed by atoms with Crippen molar-refractivity contribution in [3.63, 3.8) is 0 Å². The summed E-state index contributed by atoms with van der Waals surface area (Å²) in [4.78, 5) is 0.00315. The zero-order chi connectivity index (χ0) is 27.3. The van der Waals surface area contributed by atoms with Gasteiger partial charge >= 0.3 is 0 Å². The Hall–Kier alpha value is -1.11. The predicted octanol–water partition coefficient (Wildman–Crippen LogP) is 3.99. The highest BCUT2D eigenvalue weighted by atomic mass is 32.2. The van der Waals surface area contributed by atoms with Gasteiger partial charge in [0.25, 0.3) is 10.1 Å². The van der Waals surface area contributed by atoms with E-state index >= 15 is 0 Å². The summed E-state index contributed by atoms with van der Waals surface area (Å²) >= 11 is 0. The summed E-state index contributed by atoms with van der Waals surface area (Å²) in [6.07, 6.45) is 1.42. The molecule has 0 aromatic heterocycles. The third-order valence-electron chi connectivity index (χ3n) is 6.38. The van der Waals surface area contributed by atoms with Gasteiger partial charge in [0.2, 0.25) is 0 Å². The molecule has 0 saturated carbocycles. The van der Waals surface area contributed by atoms with Crippen molar-refractivity contribution in [1.82, 2.24) is 0 Å². The first kappa shape index (κ1) is 32.1. The van der Waals surface area contributed by atoms with Crippen LogP contribution in [0.3, 0.4) is 0 Å². The minimum absolute atomic E-state index is 0.00315. The van der Waals surface area contributed by atoms with Crippen molar-refractivity contribution in [2.24, 2.45) is 0 Å². The molecule has 0 bridgehead atoms. The Labute approximate surface area is 222 Å². The van der Waals surface area contributed by atoms with Crippen molar-refractivity contribution in [3.05, 3.63) is 29.8 Å². The number of hydrogen-bond donors (Lipinski definition) is 1. The molecular weight excluding hydrogens is 500 g/mol. The summed E-state index contributed by atoms with van der Waals surface area (Å²) in [7, 11) is -2.70. The molecule has 1 aromatic rings. The summed E-state index contributed by atoms with van der Waals surface area (Å²) in [5.74, 6) is 0. The van der Waals surface area contributed by atoms with Gasteiger partial charge in [-0.25, -0.2) is 0 Å². The Kier molecular flexibility index (Phi) is 14.0. The van der Waals surface area contributed by atoms with Crippen LogP contribution in [0.1, 0.15) is 64.9 Å². The summed E-state index contributed by atoms with van der Waals surface area (Å²) in [5.41, 5.74) is -0.971. The van der Waals surface area contributed by atoms with E-state index in [0.717, 1.165) is 44.1 Å². The number of ether oxygens (including phenoxy) is 5. The van der Waals surface area contributed by atoms with Crippen LogP contribution in [0.25, 0.3) is 0 Å². The maximum Gasteiger partial charge on any atom is 0.297 e. The van der Waals surface area contributed by atoms with Crippen molar-refractivity contribution in [2.75, 3.05) is 40.1 Å². The van der Waals surface area contributed by atoms with Crippen molar-refractivity contribution >= 4 is 10.1 Å². The van der Waals surface area contributed by atoms with Crippen LogP contribution in [0.15, 0.2) is 29.2 Å². The van der Waals surface area contributed by atoms with E-state index in [0.29, 0.717) is 19.8 Å². The first-order valence-electron chi connectivity index (χ1n) is 13.4. The number of benzene rings is 1. The van der Waals surface area contributed by atoms with E-state index in [4.69, 9.17) is 27.9 Å². The average molecular weight is 547 g/mol. The molecule has 37 heavy (non-hydrogen) atoms. The molecular formula is C27H46O9S. The van der Waals surface area contributed by atoms with E-state index in [2.05, 4.69) is 6.92 Å². The van der Waals surface area contributed by atoms with Gasteiger partial charge in [-0.15, -0.1) is 0 Å². The lowest BCUT2D eigenvalue weighted by molar-refractivity contribution is -0.347. The summed E-state index contributed by atoms with van der Waals surface area (Å²) < 4.78 is 61.3. The minimum Gasteiger partial charge on any atom is -0.382 e.